The third kappa shape index (κ3) is 3.85. The number of hydrogen-bond donors (Lipinski definition) is 0. The lowest BCUT2D eigenvalue weighted by Gasteiger charge is -2.52. The van der Waals surface area contributed by atoms with E-state index < -0.39 is 9.28 Å². The second-order valence-electron chi connectivity index (χ2n) is 8.98. The van der Waals surface area contributed by atoms with E-state index in [0.717, 1.165) is 13.1 Å². The van der Waals surface area contributed by atoms with Crippen LogP contribution in [0, 0.1) is 10.8 Å². The van der Waals surface area contributed by atoms with Gasteiger partial charge in [-0.1, -0.05) is 53.7 Å². The predicted molar refractivity (Wildman–Crippen MR) is 99.5 cm³/mol. The quantitative estimate of drug-likeness (QED) is 0.781. The normalized spacial score (nSPS) is 16.6. The second-order valence-corrected chi connectivity index (χ2v) is 11.6. The van der Waals surface area contributed by atoms with Gasteiger partial charge in [-0.2, -0.15) is 0 Å². The smallest absolute Gasteiger partial charge is 0.0558 e. The van der Waals surface area contributed by atoms with Gasteiger partial charge in [0.2, 0.25) is 0 Å². The molecule has 0 saturated heterocycles. The Morgan fingerprint density at radius 1 is 0.818 bits per heavy atom. The van der Waals surface area contributed by atoms with Crippen molar-refractivity contribution in [3.63, 3.8) is 0 Å². The van der Waals surface area contributed by atoms with E-state index in [1.165, 1.54) is 11.4 Å². The topological polar surface area (TPSA) is 9.72 Å². The second kappa shape index (κ2) is 5.89. The summed E-state index contributed by atoms with van der Waals surface area (Å²) in [5, 5.41) is 0. The van der Waals surface area contributed by atoms with Crippen molar-refractivity contribution in [1.29, 1.82) is 0 Å². The van der Waals surface area contributed by atoms with Crippen molar-refractivity contribution in [2.24, 2.45) is 10.8 Å². The van der Waals surface area contributed by atoms with Crippen LogP contribution in [-0.2, 0) is 0 Å². The minimum atomic E-state index is -0.929. The fourth-order valence-electron chi connectivity index (χ4n) is 3.03. The first kappa shape index (κ1) is 17.4. The molecule has 0 saturated carbocycles. The molecule has 0 aromatic heterocycles. The molecular formula is C18H32N3Si-. The van der Waals surface area contributed by atoms with E-state index in [2.05, 4.69) is 93.6 Å². The molecule has 0 atom stereocenters. The van der Waals surface area contributed by atoms with Gasteiger partial charge >= 0.3 is 0 Å². The van der Waals surface area contributed by atoms with Crippen LogP contribution in [0.5, 0.6) is 0 Å². The molecule has 0 amide bonds. The zero-order valence-corrected chi connectivity index (χ0v) is 16.6. The zero-order valence-electron chi connectivity index (χ0n) is 15.6. The molecule has 1 heterocycles. The van der Waals surface area contributed by atoms with E-state index >= 15 is 0 Å². The summed E-state index contributed by atoms with van der Waals surface area (Å²) in [6, 6.07) is 8.92. The first-order valence-electron chi connectivity index (χ1n) is 8.18. The maximum absolute atomic E-state index is 2.66. The van der Waals surface area contributed by atoms with Crippen molar-refractivity contribution in [3.8, 4) is 0 Å². The molecule has 1 aromatic carbocycles. The standard InChI is InChI=1S/C18H32N3Si/c1-17(2,3)13-20-15-11-9-10-12-16(15)21(14-18(4,5)6)22(20)19(7)8/h9-12H,13-14H2,1-8H3/q-1. The number of rotatable bonds is 3. The molecule has 1 aliphatic rings. The van der Waals surface area contributed by atoms with Gasteiger partial charge in [0.25, 0.3) is 0 Å². The van der Waals surface area contributed by atoms with Gasteiger partial charge in [-0.15, -0.1) is 0 Å². The van der Waals surface area contributed by atoms with Crippen molar-refractivity contribution in [2.75, 3.05) is 36.3 Å². The van der Waals surface area contributed by atoms with Crippen LogP contribution in [0.1, 0.15) is 41.5 Å². The number of para-hydroxylation sites is 2. The Kier molecular flexibility index (Phi) is 4.65. The Bertz CT molecular complexity index is 471. The average Bonchev–Trinajstić information content (AvgIpc) is 2.60. The number of nitrogens with zero attached hydrogens (tertiary/aromatic N) is 3. The Hall–Kier alpha value is -1.00. The van der Waals surface area contributed by atoms with Gasteiger partial charge < -0.3 is 13.7 Å². The summed E-state index contributed by atoms with van der Waals surface area (Å²) in [5.41, 5.74) is 3.39. The third-order valence-corrected chi connectivity index (χ3v) is 6.17. The molecule has 2 rings (SSSR count). The lowest BCUT2D eigenvalue weighted by atomic mass is 9.96. The molecule has 4 heteroatoms. The maximum Gasteiger partial charge on any atom is 0.0558 e. The van der Waals surface area contributed by atoms with Crippen LogP contribution < -0.4 is 9.13 Å². The van der Waals surface area contributed by atoms with Crippen molar-refractivity contribution >= 4 is 20.7 Å². The van der Waals surface area contributed by atoms with Crippen LogP contribution in [0.15, 0.2) is 24.3 Å². The SMILES string of the molecule is CN(C)[Si-]1N(CC(C)(C)C)c2ccccc2N1CC(C)(C)C. The van der Waals surface area contributed by atoms with E-state index in [-0.39, 0.29) is 10.8 Å². The van der Waals surface area contributed by atoms with Crippen molar-refractivity contribution < 1.29 is 0 Å². The van der Waals surface area contributed by atoms with E-state index in [1.807, 2.05) is 0 Å². The molecule has 0 unspecified atom stereocenters. The highest BCUT2D eigenvalue weighted by Gasteiger charge is 2.31. The highest BCUT2D eigenvalue weighted by Crippen LogP contribution is 2.41. The van der Waals surface area contributed by atoms with Gasteiger partial charge in [0.1, 0.15) is 0 Å². The lowest BCUT2D eigenvalue weighted by Crippen LogP contribution is -2.60. The van der Waals surface area contributed by atoms with Crippen LogP contribution in [0.25, 0.3) is 0 Å². The summed E-state index contributed by atoms with van der Waals surface area (Å²) >= 11 is 0. The first-order valence-corrected chi connectivity index (χ1v) is 9.52. The molecule has 124 valence electrons. The predicted octanol–water partition coefficient (Wildman–Crippen LogP) is 3.95. The molecule has 0 N–H and O–H groups in total. The van der Waals surface area contributed by atoms with Crippen molar-refractivity contribution in [3.05, 3.63) is 24.3 Å². The summed E-state index contributed by atoms with van der Waals surface area (Å²) in [6.07, 6.45) is 0. The molecule has 0 bridgehead atoms. The Morgan fingerprint density at radius 2 is 1.18 bits per heavy atom. The third-order valence-electron chi connectivity index (χ3n) is 3.61. The molecule has 0 spiro atoms. The van der Waals surface area contributed by atoms with Gasteiger partial charge in [0.15, 0.2) is 0 Å². The molecule has 3 nitrogen and oxygen atoms in total. The van der Waals surface area contributed by atoms with E-state index in [1.54, 1.807) is 0 Å². The highest BCUT2D eigenvalue weighted by atomic mass is 28.3. The first-order chi connectivity index (χ1) is 9.99. The van der Waals surface area contributed by atoms with Gasteiger partial charge in [-0.05, 0) is 50.1 Å². The molecule has 0 radical (unpaired) electrons. The Balaban J connectivity index is 2.45. The van der Waals surface area contributed by atoms with Crippen LogP contribution in [0.3, 0.4) is 0 Å². The molecule has 1 aliphatic heterocycles. The lowest BCUT2D eigenvalue weighted by molar-refractivity contribution is 0.416. The van der Waals surface area contributed by atoms with Crippen LogP contribution in [0.2, 0.25) is 0 Å². The van der Waals surface area contributed by atoms with Crippen LogP contribution >= 0.6 is 0 Å². The van der Waals surface area contributed by atoms with E-state index in [9.17, 15) is 0 Å². The maximum atomic E-state index is 2.66. The number of anilines is 2. The van der Waals surface area contributed by atoms with Crippen molar-refractivity contribution in [2.45, 2.75) is 41.5 Å². The highest BCUT2D eigenvalue weighted by molar-refractivity contribution is 6.67. The minimum Gasteiger partial charge on any atom is -0.511 e. The van der Waals surface area contributed by atoms with Crippen molar-refractivity contribution in [1.82, 2.24) is 4.57 Å². The summed E-state index contributed by atoms with van der Waals surface area (Å²) in [7, 11) is 3.53. The van der Waals surface area contributed by atoms with Gasteiger partial charge in [0, 0.05) is 11.4 Å². The number of fused-ring (bicyclic) bond motifs is 1. The van der Waals surface area contributed by atoms with Crippen LogP contribution in [0.4, 0.5) is 11.4 Å². The molecule has 1 aromatic rings. The van der Waals surface area contributed by atoms with Gasteiger partial charge in [-0.3, -0.25) is 0 Å². The van der Waals surface area contributed by atoms with E-state index in [0.29, 0.717) is 0 Å². The molecule has 0 fully saturated rings. The van der Waals surface area contributed by atoms with Crippen LogP contribution in [-0.4, -0.2) is 41.0 Å². The van der Waals surface area contributed by atoms with Gasteiger partial charge in [-0.25, -0.2) is 0 Å². The minimum absolute atomic E-state index is 0.288. The fourth-order valence-corrected chi connectivity index (χ4v) is 6.32. The monoisotopic (exact) mass is 318 g/mol. The summed E-state index contributed by atoms with van der Waals surface area (Å²) < 4.78 is 7.75. The molecule has 0 aliphatic carbocycles. The zero-order chi connectivity index (χ0) is 16.7. The molecule has 22 heavy (non-hydrogen) atoms. The summed E-state index contributed by atoms with van der Waals surface area (Å²) in [4.78, 5) is 0. The Morgan fingerprint density at radius 3 is 1.45 bits per heavy atom. The van der Waals surface area contributed by atoms with E-state index in [4.69, 9.17) is 0 Å². The average molecular weight is 319 g/mol. The number of benzene rings is 1. The molecular weight excluding hydrogens is 286 g/mol. The fraction of sp³-hybridized carbons (Fsp3) is 0.667. The Labute approximate surface area is 138 Å². The summed E-state index contributed by atoms with van der Waals surface area (Å²) in [5.74, 6) is 0. The van der Waals surface area contributed by atoms with Gasteiger partial charge in [0.05, 0.1) is 9.28 Å². The number of hydrogen-bond acceptors (Lipinski definition) is 3. The summed E-state index contributed by atoms with van der Waals surface area (Å²) in [6.45, 7) is 16.2. The largest absolute Gasteiger partial charge is 0.511 e.